The minimum Gasteiger partial charge on any atom is -0.343 e. The molecule has 2 aromatic rings. The van der Waals surface area contributed by atoms with Crippen LogP contribution >= 0.6 is 35.6 Å². The summed E-state index contributed by atoms with van der Waals surface area (Å²) in [5.41, 5.74) is 1.45. The molecule has 0 N–H and O–H groups in total. The van der Waals surface area contributed by atoms with Crippen LogP contribution in [0.15, 0.2) is 42.5 Å². The second-order valence-corrected chi connectivity index (χ2v) is 11.5. The average Bonchev–Trinajstić information content (AvgIpc) is 2.94. The summed E-state index contributed by atoms with van der Waals surface area (Å²) in [6.45, 7) is 7.31. The third-order valence-corrected chi connectivity index (χ3v) is 8.73. The smallest absolute Gasteiger partial charge is 0.230 e. The third-order valence-electron chi connectivity index (χ3n) is 7.99. The first-order valence-corrected chi connectivity index (χ1v) is 14.7. The molecule has 2 saturated heterocycles. The van der Waals surface area contributed by atoms with Crippen LogP contribution in [0.5, 0.6) is 0 Å². The SMILES string of the molecule is CC(=O)N1CCC(C(=O)N(CCCN2CCC(N(C(C)=O)c3ccc(F)cc3)CC2)c2ccc(Cl)c(Cl)c2)CC1.Cl. The topological polar surface area (TPSA) is 64.2 Å². The zero-order valence-electron chi connectivity index (χ0n) is 23.5. The van der Waals surface area contributed by atoms with Crippen molar-refractivity contribution in [2.24, 2.45) is 5.92 Å². The molecule has 0 saturated carbocycles. The van der Waals surface area contributed by atoms with E-state index < -0.39 is 0 Å². The van der Waals surface area contributed by atoms with Gasteiger partial charge in [0.05, 0.1) is 10.0 Å². The van der Waals surface area contributed by atoms with Crippen molar-refractivity contribution in [3.05, 3.63) is 58.3 Å². The minimum absolute atomic E-state index is 0. The molecule has 0 unspecified atom stereocenters. The summed E-state index contributed by atoms with van der Waals surface area (Å²) in [7, 11) is 0. The molecule has 0 atom stereocenters. The van der Waals surface area contributed by atoms with E-state index in [1.807, 2.05) is 11.0 Å². The van der Waals surface area contributed by atoms with Crippen LogP contribution in [0.3, 0.4) is 0 Å². The predicted octanol–water partition coefficient (Wildman–Crippen LogP) is 6.05. The fourth-order valence-corrected chi connectivity index (χ4v) is 6.08. The zero-order chi connectivity index (χ0) is 28.8. The second-order valence-electron chi connectivity index (χ2n) is 10.7. The molecule has 11 heteroatoms. The highest BCUT2D eigenvalue weighted by molar-refractivity contribution is 6.42. The number of nitrogens with zero attached hydrogens (tertiary/aromatic N) is 4. The summed E-state index contributed by atoms with van der Waals surface area (Å²) in [6.07, 6.45) is 3.70. The van der Waals surface area contributed by atoms with Gasteiger partial charge in [0.2, 0.25) is 17.7 Å². The molecule has 41 heavy (non-hydrogen) atoms. The maximum absolute atomic E-state index is 13.7. The van der Waals surface area contributed by atoms with Crippen molar-refractivity contribution in [2.75, 3.05) is 49.1 Å². The number of carbonyl (C=O) groups is 3. The van der Waals surface area contributed by atoms with E-state index in [9.17, 15) is 18.8 Å². The first-order chi connectivity index (χ1) is 19.1. The monoisotopic (exact) mass is 626 g/mol. The molecule has 7 nitrogen and oxygen atoms in total. The molecule has 2 fully saturated rings. The molecule has 0 spiro atoms. The van der Waals surface area contributed by atoms with Crippen LogP contribution in [-0.2, 0) is 14.4 Å². The number of halogens is 4. The molecule has 3 amide bonds. The maximum Gasteiger partial charge on any atom is 0.230 e. The molecular weight excluding hydrogens is 590 g/mol. The summed E-state index contributed by atoms with van der Waals surface area (Å²) in [5, 5.41) is 0.845. The molecule has 224 valence electrons. The van der Waals surface area contributed by atoms with Crippen molar-refractivity contribution in [1.29, 1.82) is 0 Å². The standard InChI is InChI=1S/C30H37Cl2FN4O3.ClH/c1-21(38)35-18-10-23(11-19-35)30(40)36(27-8-9-28(31)29(32)20-27)15-3-14-34-16-12-26(13-17-34)37(22(2)39)25-6-4-24(33)5-7-25;/h4-9,20,23,26H,3,10-19H2,1-2H3;1H. The van der Waals surface area contributed by atoms with E-state index in [1.165, 1.54) is 12.1 Å². The molecule has 0 bridgehead atoms. The van der Waals surface area contributed by atoms with Gasteiger partial charge in [-0.2, -0.15) is 0 Å². The Hall–Kier alpha value is -2.39. The molecule has 0 radical (unpaired) electrons. The minimum atomic E-state index is -0.322. The van der Waals surface area contributed by atoms with Gasteiger partial charge in [-0.25, -0.2) is 4.39 Å². The Morgan fingerprint density at radius 2 is 1.49 bits per heavy atom. The summed E-state index contributed by atoms with van der Waals surface area (Å²) in [6, 6.07) is 11.4. The predicted molar refractivity (Wildman–Crippen MR) is 165 cm³/mol. The van der Waals surface area contributed by atoms with Gasteiger partial charge in [0.25, 0.3) is 0 Å². The maximum atomic E-state index is 13.7. The van der Waals surface area contributed by atoms with Crippen LogP contribution in [-0.4, -0.2) is 72.8 Å². The van der Waals surface area contributed by atoms with Gasteiger partial charge in [-0.1, -0.05) is 23.2 Å². The molecule has 4 rings (SSSR count). The highest BCUT2D eigenvalue weighted by Gasteiger charge is 2.31. The molecule has 0 aromatic heterocycles. The van der Waals surface area contributed by atoms with Crippen LogP contribution in [0, 0.1) is 11.7 Å². The van der Waals surface area contributed by atoms with Gasteiger partial charge >= 0.3 is 0 Å². The van der Waals surface area contributed by atoms with E-state index in [-0.39, 0.29) is 47.9 Å². The van der Waals surface area contributed by atoms with Gasteiger partial charge in [-0.3, -0.25) is 14.4 Å². The third kappa shape index (κ3) is 8.57. The Bertz CT molecular complexity index is 1200. The number of benzene rings is 2. The number of hydrogen-bond donors (Lipinski definition) is 0. The number of anilines is 2. The number of likely N-dealkylation sites (tertiary alicyclic amines) is 2. The molecule has 0 aliphatic carbocycles. The van der Waals surface area contributed by atoms with Crippen LogP contribution in [0.2, 0.25) is 10.0 Å². The summed E-state index contributed by atoms with van der Waals surface area (Å²) in [4.78, 5) is 45.6. The quantitative estimate of drug-likeness (QED) is 0.357. The molecular formula is C30H38Cl3FN4O3. The van der Waals surface area contributed by atoms with E-state index in [1.54, 1.807) is 47.9 Å². The highest BCUT2D eigenvalue weighted by Crippen LogP contribution is 2.30. The number of amides is 3. The highest BCUT2D eigenvalue weighted by atomic mass is 35.5. The normalized spacial score (nSPS) is 16.7. The lowest BCUT2D eigenvalue weighted by molar-refractivity contribution is -0.133. The van der Waals surface area contributed by atoms with Crippen molar-refractivity contribution >= 4 is 64.7 Å². The Morgan fingerprint density at radius 3 is 2.05 bits per heavy atom. The van der Waals surface area contributed by atoms with Gasteiger partial charge in [-0.15, -0.1) is 12.4 Å². The summed E-state index contributed by atoms with van der Waals surface area (Å²) >= 11 is 12.4. The Kier molecular flexibility index (Phi) is 12.3. The summed E-state index contributed by atoms with van der Waals surface area (Å²) in [5.74, 6) is -0.423. The van der Waals surface area contributed by atoms with E-state index in [0.717, 1.165) is 50.3 Å². The van der Waals surface area contributed by atoms with Crippen molar-refractivity contribution in [3.63, 3.8) is 0 Å². The van der Waals surface area contributed by atoms with E-state index in [4.69, 9.17) is 23.2 Å². The first kappa shape index (κ1) is 33.1. The Labute approximate surface area is 257 Å². The lowest BCUT2D eigenvalue weighted by Gasteiger charge is -2.38. The Balaban J connectivity index is 0.00000462. The lowest BCUT2D eigenvalue weighted by atomic mass is 9.94. The van der Waals surface area contributed by atoms with E-state index >= 15 is 0 Å². The van der Waals surface area contributed by atoms with Crippen molar-refractivity contribution in [2.45, 2.75) is 52.0 Å². The van der Waals surface area contributed by atoms with Gasteiger partial charge in [0.15, 0.2) is 0 Å². The molecule has 2 heterocycles. The number of rotatable bonds is 8. The lowest BCUT2D eigenvalue weighted by Crippen LogP contribution is -2.48. The molecule has 2 aliphatic rings. The molecule has 2 aliphatic heterocycles. The van der Waals surface area contributed by atoms with Crippen LogP contribution < -0.4 is 9.80 Å². The van der Waals surface area contributed by atoms with Crippen molar-refractivity contribution in [3.8, 4) is 0 Å². The fraction of sp³-hybridized carbons (Fsp3) is 0.500. The number of piperidine rings is 2. The molecule has 2 aromatic carbocycles. The largest absolute Gasteiger partial charge is 0.343 e. The van der Waals surface area contributed by atoms with Gasteiger partial charge in [-0.05, 0) is 81.1 Å². The second kappa shape index (κ2) is 15.2. The van der Waals surface area contributed by atoms with Crippen LogP contribution in [0.1, 0.15) is 46.0 Å². The van der Waals surface area contributed by atoms with Crippen LogP contribution in [0.4, 0.5) is 15.8 Å². The number of carbonyl (C=O) groups excluding carboxylic acids is 3. The zero-order valence-corrected chi connectivity index (χ0v) is 25.9. The van der Waals surface area contributed by atoms with Gasteiger partial charge < -0.3 is 19.6 Å². The van der Waals surface area contributed by atoms with E-state index in [2.05, 4.69) is 4.90 Å². The van der Waals surface area contributed by atoms with Crippen molar-refractivity contribution < 1.29 is 18.8 Å². The van der Waals surface area contributed by atoms with Gasteiger partial charge in [0, 0.05) is 69.9 Å². The van der Waals surface area contributed by atoms with Crippen LogP contribution in [0.25, 0.3) is 0 Å². The van der Waals surface area contributed by atoms with E-state index in [0.29, 0.717) is 42.5 Å². The van der Waals surface area contributed by atoms with Gasteiger partial charge in [0.1, 0.15) is 5.82 Å². The summed E-state index contributed by atoms with van der Waals surface area (Å²) < 4.78 is 13.4. The Morgan fingerprint density at radius 1 is 0.878 bits per heavy atom. The first-order valence-electron chi connectivity index (χ1n) is 13.9. The fourth-order valence-electron chi connectivity index (χ4n) is 5.79. The van der Waals surface area contributed by atoms with Crippen molar-refractivity contribution in [1.82, 2.24) is 9.80 Å². The number of hydrogen-bond acceptors (Lipinski definition) is 4. The average molecular weight is 628 g/mol.